The lowest BCUT2D eigenvalue weighted by molar-refractivity contribution is -0.142. The van der Waals surface area contributed by atoms with Crippen LogP contribution in [0.2, 0.25) is 10.0 Å². The van der Waals surface area contributed by atoms with Crippen LogP contribution in [0.4, 0.5) is 15.3 Å². The maximum absolute atomic E-state index is 13.6. The van der Waals surface area contributed by atoms with Gasteiger partial charge in [-0.3, -0.25) is 4.79 Å². The number of anilines is 1. The number of hydrogen-bond donors (Lipinski definition) is 2. The van der Waals surface area contributed by atoms with Crippen LogP contribution in [-0.2, 0) is 22.4 Å². The summed E-state index contributed by atoms with van der Waals surface area (Å²) in [6.45, 7) is 2.73. The van der Waals surface area contributed by atoms with E-state index in [1.165, 1.54) is 0 Å². The third kappa shape index (κ3) is 7.08. The molecule has 0 bridgehead atoms. The molecule has 0 saturated carbocycles. The van der Waals surface area contributed by atoms with Gasteiger partial charge in [-0.15, -0.1) is 0 Å². The van der Waals surface area contributed by atoms with Gasteiger partial charge in [-0.2, -0.15) is 0 Å². The molecular weight excluding hydrogens is 565 g/mol. The van der Waals surface area contributed by atoms with E-state index >= 15 is 0 Å². The number of urea groups is 1. The number of ether oxygens (including phenoxy) is 1. The molecule has 1 unspecified atom stereocenters. The van der Waals surface area contributed by atoms with Crippen LogP contribution >= 0.6 is 23.2 Å². The summed E-state index contributed by atoms with van der Waals surface area (Å²) in [6, 6.07) is 13.3. The number of halogens is 2. The van der Waals surface area contributed by atoms with Crippen LogP contribution in [0.1, 0.15) is 36.8 Å². The van der Waals surface area contributed by atoms with Crippen molar-refractivity contribution < 1.29 is 19.1 Å². The molecule has 2 aromatic rings. The van der Waals surface area contributed by atoms with Crippen LogP contribution < -0.4 is 10.6 Å². The largest absolute Gasteiger partial charge is 0.436 e. The maximum Gasteiger partial charge on any atom is 0.410 e. The standard InChI is InChI=1S/C30H37Cl2N5O4/c1-33-22-9-13-35(14-10-22)28(38)27(19-20-6-7-24(31)25(32)18-20)41-30(40)36-15-11-23(12-16-36)37-17-8-21-4-2-3-5-26(21)34-29(37)39/h2-7,18,22-23,27,33H,8-17,19H2,1H3,(H,34,39). The van der Waals surface area contributed by atoms with E-state index in [2.05, 4.69) is 10.6 Å². The van der Waals surface area contributed by atoms with Crippen LogP contribution in [0.5, 0.6) is 0 Å². The number of carbonyl (C=O) groups excluding carboxylic acids is 3. The number of nitrogens with one attached hydrogen (secondary N) is 2. The SMILES string of the molecule is CNC1CCN(C(=O)C(Cc2ccc(Cl)c(Cl)c2)OC(=O)N2CCC(N3CCc4ccccc4NC3=O)CC2)CC1. The summed E-state index contributed by atoms with van der Waals surface area (Å²) in [5.74, 6) is -0.199. The molecule has 3 heterocycles. The number of rotatable bonds is 6. The van der Waals surface area contributed by atoms with Crippen molar-refractivity contribution in [2.75, 3.05) is 45.1 Å². The van der Waals surface area contributed by atoms with Gasteiger partial charge in [0.1, 0.15) is 0 Å². The van der Waals surface area contributed by atoms with Crippen molar-refractivity contribution in [1.29, 1.82) is 0 Å². The molecule has 1 atom stereocenters. The van der Waals surface area contributed by atoms with Crippen molar-refractivity contribution >= 4 is 46.9 Å². The first-order valence-electron chi connectivity index (χ1n) is 14.3. The normalized spacial score (nSPS) is 19.3. The zero-order valence-electron chi connectivity index (χ0n) is 23.3. The Balaban J connectivity index is 1.21. The van der Waals surface area contributed by atoms with Crippen LogP contribution in [0.25, 0.3) is 0 Å². The molecule has 0 aromatic heterocycles. The van der Waals surface area contributed by atoms with E-state index in [1.807, 2.05) is 36.2 Å². The number of carbonyl (C=O) groups is 3. The Kier molecular flexibility index (Phi) is 9.57. The van der Waals surface area contributed by atoms with E-state index in [0.717, 1.165) is 36.1 Å². The molecule has 0 spiro atoms. The van der Waals surface area contributed by atoms with Crippen molar-refractivity contribution in [3.05, 3.63) is 63.6 Å². The quantitative estimate of drug-likeness (QED) is 0.496. The summed E-state index contributed by atoms with van der Waals surface area (Å²) in [7, 11) is 1.93. The number of fused-ring (bicyclic) bond motifs is 1. The molecule has 0 aliphatic carbocycles. The lowest BCUT2D eigenvalue weighted by atomic mass is 10.0. The minimum Gasteiger partial charge on any atom is -0.436 e. The second-order valence-corrected chi connectivity index (χ2v) is 11.8. The minimum atomic E-state index is -0.974. The maximum atomic E-state index is 13.6. The number of likely N-dealkylation sites (tertiary alicyclic amines) is 2. The van der Waals surface area contributed by atoms with Gasteiger partial charge in [0.05, 0.1) is 10.0 Å². The van der Waals surface area contributed by atoms with Crippen LogP contribution in [0, 0.1) is 0 Å². The fraction of sp³-hybridized carbons (Fsp3) is 0.500. The molecular formula is C30H37Cl2N5O4. The lowest BCUT2D eigenvalue weighted by Crippen LogP contribution is -2.52. The molecule has 2 saturated heterocycles. The first kappa shape index (κ1) is 29.5. The molecule has 4 amide bonds. The van der Waals surface area contributed by atoms with E-state index in [0.29, 0.717) is 61.7 Å². The fourth-order valence-electron chi connectivity index (χ4n) is 5.95. The van der Waals surface area contributed by atoms with Gasteiger partial charge >= 0.3 is 12.1 Å². The Bertz CT molecular complexity index is 1260. The monoisotopic (exact) mass is 601 g/mol. The van der Waals surface area contributed by atoms with E-state index in [-0.39, 0.29) is 24.4 Å². The predicted octanol–water partition coefficient (Wildman–Crippen LogP) is 4.81. The highest BCUT2D eigenvalue weighted by atomic mass is 35.5. The third-order valence-corrected chi connectivity index (χ3v) is 9.18. The smallest absolute Gasteiger partial charge is 0.410 e. The topological polar surface area (TPSA) is 94.2 Å². The van der Waals surface area contributed by atoms with Crippen molar-refractivity contribution in [2.45, 2.75) is 56.7 Å². The van der Waals surface area contributed by atoms with Gasteiger partial charge in [-0.1, -0.05) is 47.5 Å². The summed E-state index contributed by atoms with van der Waals surface area (Å²) < 4.78 is 5.91. The van der Waals surface area contributed by atoms with Crippen molar-refractivity contribution in [2.24, 2.45) is 0 Å². The third-order valence-electron chi connectivity index (χ3n) is 8.44. The zero-order chi connectivity index (χ0) is 28.9. The number of nitrogens with zero attached hydrogens (tertiary/aromatic N) is 3. The van der Waals surface area contributed by atoms with Crippen molar-refractivity contribution in [3.63, 3.8) is 0 Å². The van der Waals surface area contributed by atoms with E-state index in [1.54, 1.807) is 28.0 Å². The Morgan fingerprint density at radius 1 is 0.976 bits per heavy atom. The Morgan fingerprint density at radius 2 is 1.68 bits per heavy atom. The average Bonchev–Trinajstić information content (AvgIpc) is 3.16. The zero-order valence-corrected chi connectivity index (χ0v) is 24.8. The lowest BCUT2D eigenvalue weighted by Gasteiger charge is -2.38. The van der Waals surface area contributed by atoms with E-state index in [9.17, 15) is 14.4 Å². The van der Waals surface area contributed by atoms with Gasteiger partial charge in [0.25, 0.3) is 5.91 Å². The number of para-hydroxylation sites is 1. The number of benzene rings is 2. The van der Waals surface area contributed by atoms with Crippen LogP contribution in [-0.4, -0.2) is 90.7 Å². The van der Waals surface area contributed by atoms with Gasteiger partial charge in [0.15, 0.2) is 6.10 Å². The highest BCUT2D eigenvalue weighted by molar-refractivity contribution is 6.42. The summed E-state index contributed by atoms with van der Waals surface area (Å²) in [5.41, 5.74) is 2.74. The van der Waals surface area contributed by atoms with Gasteiger partial charge in [-0.05, 0) is 68.5 Å². The number of piperidine rings is 2. The summed E-state index contributed by atoms with van der Waals surface area (Å²) in [4.78, 5) is 45.2. The highest BCUT2D eigenvalue weighted by Gasteiger charge is 2.35. The second-order valence-electron chi connectivity index (χ2n) is 11.0. The van der Waals surface area contributed by atoms with Crippen molar-refractivity contribution in [3.8, 4) is 0 Å². The molecule has 2 aromatic carbocycles. The summed E-state index contributed by atoms with van der Waals surface area (Å²) in [5, 5.41) is 7.11. The van der Waals surface area contributed by atoms with Crippen LogP contribution in [0.15, 0.2) is 42.5 Å². The first-order chi connectivity index (χ1) is 19.8. The average molecular weight is 603 g/mol. The highest BCUT2D eigenvalue weighted by Crippen LogP contribution is 2.27. The predicted molar refractivity (Wildman–Crippen MR) is 160 cm³/mol. The molecule has 41 heavy (non-hydrogen) atoms. The first-order valence-corrected chi connectivity index (χ1v) is 15.1. The summed E-state index contributed by atoms with van der Waals surface area (Å²) in [6.07, 6.45) is 2.47. The molecule has 3 aliphatic rings. The molecule has 2 fully saturated rings. The Labute approximate surface area is 251 Å². The molecule has 9 nitrogen and oxygen atoms in total. The number of amides is 4. The van der Waals surface area contributed by atoms with Gasteiger partial charge < -0.3 is 30.1 Å². The van der Waals surface area contributed by atoms with Gasteiger partial charge in [0.2, 0.25) is 0 Å². The second kappa shape index (κ2) is 13.3. The van der Waals surface area contributed by atoms with Gasteiger partial charge in [0, 0.05) is 56.9 Å². The Hall–Kier alpha value is -3.01. The molecule has 5 rings (SSSR count). The van der Waals surface area contributed by atoms with E-state index < -0.39 is 12.2 Å². The van der Waals surface area contributed by atoms with Crippen LogP contribution in [0.3, 0.4) is 0 Å². The Morgan fingerprint density at radius 3 is 2.39 bits per heavy atom. The van der Waals surface area contributed by atoms with E-state index in [4.69, 9.17) is 27.9 Å². The van der Waals surface area contributed by atoms with Gasteiger partial charge in [-0.25, -0.2) is 9.59 Å². The molecule has 2 N–H and O–H groups in total. The molecule has 3 aliphatic heterocycles. The minimum absolute atomic E-state index is 0.0236. The fourth-order valence-corrected chi connectivity index (χ4v) is 6.27. The summed E-state index contributed by atoms with van der Waals surface area (Å²) >= 11 is 12.3. The number of hydrogen-bond acceptors (Lipinski definition) is 5. The molecule has 220 valence electrons. The molecule has 0 radical (unpaired) electrons. The van der Waals surface area contributed by atoms with Crippen molar-refractivity contribution in [1.82, 2.24) is 20.0 Å². The molecule has 11 heteroatoms.